The van der Waals surface area contributed by atoms with Crippen LogP contribution in [0, 0.1) is 5.82 Å². The van der Waals surface area contributed by atoms with Gasteiger partial charge in [0.05, 0.1) is 10.7 Å². The van der Waals surface area contributed by atoms with Crippen molar-refractivity contribution in [2.24, 2.45) is 0 Å². The van der Waals surface area contributed by atoms with E-state index in [9.17, 15) is 4.39 Å². The lowest BCUT2D eigenvalue weighted by Crippen LogP contribution is -2.22. The fourth-order valence-electron chi connectivity index (χ4n) is 2.23. The predicted molar refractivity (Wildman–Crippen MR) is 77.9 cm³/mol. The van der Waals surface area contributed by atoms with Crippen LogP contribution in [0.25, 0.3) is 0 Å². The van der Waals surface area contributed by atoms with Gasteiger partial charge in [-0.05, 0) is 67.0 Å². The molecule has 2 rings (SSSR count). The van der Waals surface area contributed by atoms with Gasteiger partial charge in [0.1, 0.15) is 5.82 Å². The maximum Gasteiger partial charge on any atom is 0.125 e. The molecule has 0 unspecified atom stereocenters. The SMILES string of the molecule is Fc1cc(Cl)c(NCCCN2CCCC2)c(Br)c1. The van der Waals surface area contributed by atoms with Crippen LogP contribution in [0.15, 0.2) is 16.6 Å². The number of rotatable bonds is 5. The molecule has 100 valence electrons. The van der Waals surface area contributed by atoms with Crippen molar-refractivity contribution in [3.8, 4) is 0 Å². The molecule has 18 heavy (non-hydrogen) atoms. The van der Waals surface area contributed by atoms with E-state index in [1.807, 2.05) is 0 Å². The first-order valence-electron chi connectivity index (χ1n) is 6.27. The fraction of sp³-hybridized carbons (Fsp3) is 0.538. The molecular weight excluding hydrogens is 319 g/mol. The van der Waals surface area contributed by atoms with Gasteiger partial charge in [-0.15, -0.1) is 0 Å². The highest BCUT2D eigenvalue weighted by atomic mass is 79.9. The van der Waals surface area contributed by atoms with E-state index < -0.39 is 0 Å². The lowest BCUT2D eigenvalue weighted by atomic mass is 10.3. The van der Waals surface area contributed by atoms with Crippen LogP contribution in [0.2, 0.25) is 5.02 Å². The fourth-order valence-corrected chi connectivity index (χ4v) is 3.19. The standard InChI is InChI=1S/C13H17BrClFN2/c14-11-8-10(16)9-12(15)13(11)17-4-3-7-18-5-1-2-6-18/h8-9,17H,1-7H2. The molecule has 0 aliphatic carbocycles. The second kappa shape index (κ2) is 6.73. The minimum Gasteiger partial charge on any atom is -0.383 e. The van der Waals surface area contributed by atoms with Crippen LogP contribution < -0.4 is 5.32 Å². The summed E-state index contributed by atoms with van der Waals surface area (Å²) < 4.78 is 13.7. The summed E-state index contributed by atoms with van der Waals surface area (Å²) >= 11 is 9.32. The number of hydrogen-bond donors (Lipinski definition) is 1. The number of likely N-dealkylation sites (tertiary alicyclic amines) is 1. The summed E-state index contributed by atoms with van der Waals surface area (Å²) in [5, 5.41) is 3.68. The number of benzene rings is 1. The number of hydrogen-bond acceptors (Lipinski definition) is 2. The molecule has 2 nitrogen and oxygen atoms in total. The maximum atomic E-state index is 13.1. The van der Waals surface area contributed by atoms with E-state index in [-0.39, 0.29) is 5.82 Å². The van der Waals surface area contributed by atoms with Gasteiger partial charge in [-0.1, -0.05) is 11.6 Å². The van der Waals surface area contributed by atoms with Crippen LogP contribution in [0.1, 0.15) is 19.3 Å². The highest BCUT2D eigenvalue weighted by Crippen LogP contribution is 2.31. The molecule has 0 spiro atoms. The summed E-state index contributed by atoms with van der Waals surface area (Å²) in [4.78, 5) is 2.48. The minimum atomic E-state index is -0.325. The van der Waals surface area contributed by atoms with Crippen molar-refractivity contribution < 1.29 is 4.39 Å². The van der Waals surface area contributed by atoms with Crippen molar-refractivity contribution in [2.75, 3.05) is 31.5 Å². The zero-order valence-corrected chi connectivity index (χ0v) is 12.5. The van der Waals surface area contributed by atoms with E-state index >= 15 is 0 Å². The predicted octanol–water partition coefficient (Wildman–Crippen LogP) is 4.14. The Hall–Kier alpha value is -0.320. The minimum absolute atomic E-state index is 0.325. The number of nitrogens with zero attached hydrogens (tertiary/aromatic N) is 1. The average molecular weight is 336 g/mol. The molecule has 0 bridgehead atoms. The van der Waals surface area contributed by atoms with Gasteiger partial charge >= 0.3 is 0 Å². The van der Waals surface area contributed by atoms with E-state index in [1.165, 1.54) is 38.1 Å². The molecule has 1 aliphatic rings. The lowest BCUT2D eigenvalue weighted by Gasteiger charge is -2.15. The number of halogens is 3. The van der Waals surface area contributed by atoms with E-state index in [1.54, 1.807) is 0 Å². The molecule has 1 fully saturated rings. The van der Waals surface area contributed by atoms with Crippen molar-refractivity contribution in [1.82, 2.24) is 4.90 Å². The van der Waals surface area contributed by atoms with Crippen molar-refractivity contribution in [3.05, 3.63) is 27.4 Å². The smallest absolute Gasteiger partial charge is 0.125 e. The average Bonchev–Trinajstić information content (AvgIpc) is 2.79. The molecular formula is C13H17BrClFN2. The summed E-state index contributed by atoms with van der Waals surface area (Å²) in [5.74, 6) is -0.325. The van der Waals surface area contributed by atoms with Crippen LogP contribution >= 0.6 is 27.5 Å². The molecule has 1 saturated heterocycles. The first-order valence-corrected chi connectivity index (χ1v) is 7.44. The van der Waals surface area contributed by atoms with E-state index in [2.05, 4.69) is 26.1 Å². The van der Waals surface area contributed by atoms with E-state index in [4.69, 9.17) is 11.6 Å². The van der Waals surface area contributed by atoms with Gasteiger partial charge in [0.15, 0.2) is 0 Å². The molecule has 0 saturated carbocycles. The third-order valence-electron chi connectivity index (χ3n) is 3.16. The molecule has 1 heterocycles. The number of nitrogens with one attached hydrogen (secondary N) is 1. The molecule has 1 N–H and O–H groups in total. The molecule has 1 aliphatic heterocycles. The van der Waals surface area contributed by atoms with Gasteiger partial charge in [0, 0.05) is 11.0 Å². The monoisotopic (exact) mass is 334 g/mol. The Kier molecular flexibility index (Phi) is 5.27. The quantitative estimate of drug-likeness (QED) is 0.814. The van der Waals surface area contributed by atoms with Gasteiger partial charge in [0.25, 0.3) is 0 Å². The van der Waals surface area contributed by atoms with Gasteiger partial charge in [-0.2, -0.15) is 0 Å². The van der Waals surface area contributed by atoms with Crippen molar-refractivity contribution in [1.29, 1.82) is 0 Å². The largest absolute Gasteiger partial charge is 0.383 e. The summed E-state index contributed by atoms with van der Waals surface area (Å²) in [5.41, 5.74) is 0.777. The molecule has 5 heteroatoms. The highest BCUT2D eigenvalue weighted by molar-refractivity contribution is 9.10. The van der Waals surface area contributed by atoms with Crippen LogP contribution in [0.4, 0.5) is 10.1 Å². The topological polar surface area (TPSA) is 15.3 Å². The molecule has 1 aromatic rings. The first-order chi connectivity index (χ1) is 8.66. The molecule has 1 aromatic carbocycles. The van der Waals surface area contributed by atoms with Gasteiger partial charge in [-0.25, -0.2) is 4.39 Å². The second-order valence-corrected chi connectivity index (χ2v) is 5.84. The third-order valence-corrected chi connectivity index (χ3v) is 4.08. The van der Waals surface area contributed by atoms with E-state index in [0.29, 0.717) is 9.50 Å². The Bertz CT molecular complexity index is 385. The summed E-state index contributed by atoms with van der Waals surface area (Å²) in [6.45, 7) is 4.41. The van der Waals surface area contributed by atoms with Crippen LogP contribution in [0.3, 0.4) is 0 Å². The van der Waals surface area contributed by atoms with Crippen molar-refractivity contribution in [3.63, 3.8) is 0 Å². The highest BCUT2D eigenvalue weighted by Gasteiger charge is 2.11. The van der Waals surface area contributed by atoms with Gasteiger partial charge < -0.3 is 10.2 Å². The Labute approximate surface area is 121 Å². The van der Waals surface area contributed by atoms with Gasteiger partial charge in [0.2, 0.25) is 0 Å². The van der Waals surface area contributed by atoms with E-state index in [0.717, 1.165) is 25.2 Å². The molecule has 0 atom stereocenters. The van der Waals surface area contributed by atoms with Crippen molar-refractivity contribution in [2.45, 2.75) is 19.3 Å². The molecule has 0 radical (unpaired) electrons. The Morgan fingerprint density at radius 2 is 2.06 bits per heavy atom. The Balaban J connectivity index is 1.79. The molecule has 0 amide bonds. The summed E-state index contributed by atoms with van der Waals surface area (Å²) in [6.07, 6.45) is 3.71. The van der Waals surface area contributed by atoms with Crippen LogP contribution in [-0.2, 0) is 0 Å². The Morgan fingerprint density at radius 1 is 1.33 bits per heavy atom. The first kappa shape index (κ1) is 14.1. The zero-order valence-electron chi connectivity index (χ0n) is 10.2. The summed E-state index contributed by atoms with van der Waals surface area (Å²) in [6, 6.07) is 2.75. The van der Waals surface area contributed by atoms with Crippen LogP contribution in [0.5, 0.6) is 0 Å². The summed E-state index contributed by atoms with van der Waals surface area (Å²) in [7, 11) is 0. The van der Waals surface area contributed by atoms with Gasteiger partial charge in [-0.3, -0.25) is 0 Å². The third kappa shape index (κ3) is 3.84. The maximum absolute atomic E-state index is 13.1. The molecule has 0 aromatic heterocycles. The zero-order chi connectivity index (χ0) is 13.0. The normalized spacial score (nSPS) is 16.2. The van der Waals surface area contributed by atoms with Crippen LogP contribution in [-0.4, -0.2) is 31.1 Å². The second-order valence-electron chi connectivity index (χ2n) is 4.57. The Morgan fingerprint density at radius 3 is 2.72 bits per heavy atom. The van der Waals surface area contributed by atoms with Crippen molar-refractivity contribution >= 4 is 33.2 Å². The number of anilines is 1. The lowest BCUT2D eigenvalue weighted by molar-refractivity contribution is 0.337.